The molecule has 1 rings (SSSR count). The summed E-state index contributed by atoms with van der Waals surface area (Å²) in [4.78, 5) is 0. The van der Waals surface area contributed by atoms with E-state index in [0.717, 1.165) is 16.9 Å². The van der Waals surface area contributed by atoms with Gasteiger partial charge in [0.1, 0.15) is 5.75 Å². The fraction of sp³-hybridized carbons (Fsp3) is 0.500. The molecule has 0 amide bonds. The molecule has 0 aliphatic heterocycles. The molecule has 15 heavy (non-hydrogen) atoms. The third kappa shape index (κ3) is 2.01. The van der Waals surface area contributed by atoms with Gasteiger partial charge in [-0.15, -0.1) is 0 Å². The molecule has 1 aromatic carbocycles. The van der Waals surface area contributed by atoms with E-state index in [1.165, 1.54) is 0 Å². The Kier molecular flexibility index (Phi) is 3.45. The van der Waals surface area contributed by atoms with Gasteiger partial charge >= 0.3 is 0 Å². The molecule has 0 unspecified atom stereocenters. The van der Waals surface area contributed by atoms with Crippen molar-refractivity contribution in [3.05, 3.63) is 17.2 Å². The molecule has 1 N–H and O–H groups in total. The lowest BCUT2D eigenvalue weighted by molar-refractivity contribution is 0.353. The molecule has 84 valence electrons. The molecule has 0 bridgehead atoms. The van der Waals surface area contributed by atoms with Crippen LogP contribution >= 0.6 is 0 Å². The quantitative estimate of drug-likeness (QED) is 0.833. The number of aryl methyl sites for hydroxylation is 1. The second-order valence-corrected chi connectivity index (χ2v) is 3.85. The smallest absolute Gasteiger partial charge is 0.167 e. The monoisotopic (exact) mass is 210 g/mol. The Labute approximate surface area is 90.6 Å². The van der Waals surface area contributed by atoms with E-state index < -0.39 is 0 Å². The zero-order chi connectivity index (χ0) is 11.6. The van der Waals surface area contributed by atoms with Gasteiger partial charge in [-0.2, -0.15) is 0 Å². The summed E-state index contributed by atoms with van der Waals surface area (Å²) >= 11 is 0. The second-order valence-electron chi connectivity index (χ2n) is 3.85. The van der Waals surface area contributed by atoms with Crippen LogP contribution in [0.4, 0.5) is 0 Å². The number of ether oxygens (including phenoxy) is 2. The Morgan fingerprint density at radius 1 is 1.13 bits per heavy atom. The standard InChI is InChI=1S/C12H18O3/c1-7(2)10-11(14-4)8(3)6-9(13)12(10)15-5/h6-7,13H,1-5H3. The van der Waals surface area contributed by atoms with Crippen molar-refractivity contribution in [1.29, 1.82) is 0 Å². The third-order valence-corrected chi connectivity index (χ3v) is 2.42. The maximum Gasteiger partial charge on any atom is 0.167 e. The van der Waals surface area contributed by atoms with E-state index in [9.17, 15) is 5.11 Å². The molecule has 0 fully saturated rings. The molecule has 0 saturated carbocycles. The van der Waals surface area contributed by atoms with Gasteiger partial charge in [0.25, 0.3) is 0 Å². The predicted molar refractivity (Wildman–Crippen MR) is 60.0 cm³/mol. The topological polar surface area (TPSA) is 38.7 Å². The highest BCUT2D eigenvalue weighted by atomic mass is 16.5. The number of benzene rings is 1. The molecule has 0 aliphatic carbocycles. The molecule has 0 aromatic heterocycles. The highest BCUT2D eigenvalue weighted by molar-refractivity contribution is 5.58. The Bertz CT molecular complexity index is 328. The summed E-state index contributed by atoms with van der Waals surface area (Å²) in [5.74, 6) is 1.70. The average molecular weight is 210 g/mol. The summed E-state index contributed by atoms with van der Waals surface area (Å²) in [6.45, 7) is 5.99. The third-order valence-electron chi connectivity index (χ3n) is 2.42. The van der Waals surface area contributed by atoms with E-state index in [2.05, 4.69) is 0 Å². The molecule has 0 aliphatic rings. The van der Waals surface area contributed by atoms with E-state index in [1.54, 1.807) is 20.3 Å². The number of rotatable bonds is 3. The van der Waals surface area contributed by atoms with Gasteiger partial charge in [0.2, 0.25) is 0 Å². The van der Waals surface area contributed by atoms with Crippen LogP contribution in [0.2, 0.25) is 0 Å². The van der Waals surface area contributed by atoms with Crippen molar-refractivity contribution in [2.24, 2.45) is 0 Å². The van der Waals surface area contributed by atoms with Gasteiger partial charge in [-0.25, -0.2) is 0 Å². The Hall–Kier alpha value is -1.38. The Morgan fingerprint density at radius 2 is 1.67 bits per heavy atom. The van der Waals surface area contributed by atoms with Crippen LogP contribution in [0.15, 0.2) is 6.07 Å². The first-order chi connectivity index (χ1) is 7.02. The lowest BCUT2D eigenvalue weighted by Gasteiger charge is -2.19. The normalized spacial score (nSPS) is 10.5. The first kappa shape index (κ1) is 11.7. The lowest BCUT2D eigenvalue weighted by atomic mass is 9.97. The van der Waals surface area contributed by atoms with E-state index in [1.807, 2.05) is 20.8 Å². The van der Waals surface area contributed by atoms with Crippen LogP contribution in [0.25, 0.3) is 0 Å². The summed E-state index contributed by atoms with van der Waals surface area (Å²) in [5.41, 5.74) is 1.83. The molecule has 1 aromatic rings. The van der Waals surface area contributed by atoms with Crippen molar-refractivity contribution in [3.8, 4) is 17.2 Å². The lowest BCUT2D eigenvalue weighted by Crippen LogP contribution is -2.01. The molecule has 0 heterocycles. The zero-order valence-corrected chi connectivity index (χ0v) is 9.92. The van der Waals surface area contributed by atoms with Gasteiger partial charge in [0, 0.05) is 5.56 Å². The second kappa shape index (κ2) is 4.43. The molecule has 3 heteroatoms. The number of aromatic hydroxyl groups is 1. The highest BCUT2D eigenvalue weighted by Crippen LogP contribution is 2.43. The molecular weight excluding hydrogens is 192 g/mol. The van der Waals surface area contributed by atoms with Crippen LogP contribution in [-0.4, -0.2) is 19.3 Å². The van der Waals surface area contributed by atoms with Crippen LogP contribution < -0.4 is 9.47 Å². The van der Waals surface area contributed by atoms with Crippen molar-refractivity contribution in [2.45, 2.75) is 26.7 Å². The minimum Gasteiger partial charge on any atom is -0.504 e. The van der Waals surface area contributed by atoms with Crippen LogP contribution in [0.5, 0.6) is 17.2 Å². The van der Waals surface area contributed by atoms with Crippen molar-refractivity contribution >= 4 is 0 Å². The fourth-order valence-corrected chi connectivity index (χ4v) is 1.80. The van der Waals surface area contributed by atoms with E-state index in [-0.39, 0.29) is 11.7 Å². The van der Waals surface area contributed by atoms with Crippen LogP contribution in [-0.2, 0) is 0 Å². The van der Waals surface area contributed by atoms with Crippen LogP contribution in [0.3, 0.4) is 0 Å². The van der Waals surface area contributed by atoms with Crippen LogP contribution in [0, 0.1) is 6.92 Å². The van der Waals surface area contributed by atoms with Crippen molar-refractivity contribution in [3.63, 3.8) is 0 Å². The van der Waals surface area contributed by atoms with Gasteiger partial charge in [0.05, 0.1) is 14.2 Å². The molecule has 0 saturated heterocycles. The Balaban J connectivity index is 3.51. The average Bonchev–Trinajstić information content (AvgIpc) is 2.16. The number of hydrogen-bond acceptors (Lipinski definition) is 3. The van der Waals surface area contributed by atoms with Crippen LogP contribution in [0.1, 0.15) is 30.9 Å². The van der Waals surface area contributed by atoms with Crippen molar-refractivity contribution in [2.75, 3.05) is 14.2 Å². The van der Waals surface area contributed by atoms with Gasteiger partial charge in [-0.1, -0.05) is 13.8 Å². The summed E-state index contributed by atoms with van der Waals surface area (Å²) < 4.78 is 10.5. The van der Waals surface area contributed by atoms with Gasteiger partial charge in [-0.05, 0) is 24.5 Å². The summed E-state index contributed by atoms with van der Waals surface area (Å²) in [5, 5.41) is 9.76. The molecule has 0 atom stereocenters. The minimum absolute atomic E-state index is 0.166. The first-order valence-corrected chi connectivity index (χ1v) is 4.97. The molecule has 3 nitrogen and oxygen atoms in total. The maximum absolute atomic E-state index is 9.76. The predicted octanol–water partition coefficient (Wildman–Crippen LogP) is 2.84. The van der Waals surface area contributed by atoms with Crippen molar-refractivity contribution < 1.29 is 14.6 Å². The molecular formula is C12H18O3. The SMILES string of the molecule is COc1c(C)cc(O)c(OC)c1C(C)C. The summed E-state index contributed by atoms with van der Waals surface area (Å²) in [6, 6.07) is 1.66. The molecule has 0 spiro atoms. The van der Waals surface area contributed by atoms with E-state index >= 15 is 0 Å². The van der Waals surface area contributed by atoms with Gasteiger partial charge in [-0.3, -0.25) is 0 Å². The van der Waals surface area contributed by atoms with Gasteiger partial charge < -0.3 is 14.6 Å². The Morgan fingerprint density at radius 3 is 2.07 bits per heavy atom. The number of phenols is 1. The first-order valence-electron chi connectivity index (χ1n) is 4.97. The largest absolute Gasteiger partial charge is 0.504 e. The number of phenolic OH excluding ortho intramolecular Hbond substituents is 1. The number of methoxy groups -OCH3 is 2. The molecule has 0 radical (unpaired) electrons. The minimum atomic E-state index is 0.166. The maximum atomic E-state index is 9.76. The van der Waals surface area contributed by atoms with Crippen molar-refractivity contribution in [1.82, 2.24) is 0 Å². The highest BCUT2D eigenvalue weighted by Gasteiger charge is 2.19. The van der Waals surface area contributed by atoms with E-state index in [0.29, 0.717) is 5.75 Å². The fourth-order valence-electron chi connectivity index (χ4n) is 1.80. The zero-order valence-electron chi connectivity index (χ0n) is 9.92. The van der Waals surface area contributed by atoms with Gasteiger partial charge in [0.15, 0.2) is 11.5 Å². The summed E-state index contributed by atoms with van der Waals surface area (Å²) in [7, 11) is 3.18. The summed E-state index contributed by atoms with van der Waals surface area (Å²) in [6.07, 6.45) is 0. The van der Waals surface area contributed by atoms with E-state index in [4.69, 9.17) is 9.47 Å². The number of hydrogen-bond donors (Lipinski definition) is 1.